The van der Waals surface area contributed by atoms with E-state index >= 15 is 0 Å². The van der Waals surface area contributed by atoms with Crippen molar-refractivity contribution in [3.8, 4) is 17.3 Å². The molecular weight excluding hydrogens is 576 g/mol. The molecule has 11 heteroatoms. The molecule has 0 spiro atoms. The molecule has 4 aromatic rings. The van der Waals surface area contributed by atoms with Crippen LogP contribution >= 0.6 is 34.5 Å². The number of benzene rings is 2. The highest BCUT2D eigenvalue weighted by Crippen LogP contribution is 2.52. The summed E-state index contributed by atoms with van der Waals surface area (Å²) in [4.78, 5) is 4.52. The molecular formula is C29H24Cl2FN3O4S. The Morgan fingerprint density at radius 2 is 1.90 bits per heavy atom. The van der Waals surface area contributed by atoms with Crippen LogP contribution in [0.15, 0.2) is 34.9 Å². The van der Waals surface area contributed by atoms with Gasteiger partial charge in [0.05, 0.1) is 52.3 Å². The van der Waals surface area contributed by atoms with Gasteiger partial charge in [-0.2, -0.15) is 5.26 Å². The maximum absolute atomic E-state index is 14.7. The van der Waals surface area contributed by atoms with Crippen LogP contribution in [0.1, 0.15) is 53.5 Å². The zero-order valence-corrected chi connectivity index (χ0v) is 23.5. The summed E-state index contributed by atoms with van der Waals surface area (Å²) in [7, 11) is 0. The summed E-state index contributed by atoms with van der Waals surface area (Å²) in [5, 5.41) is 27.1. The molecule has 0 radical (unpaired) electrons. The van der Waals surface area contributed by atoms with Crippen molar-refractivity contribution < 1.29 is 23.5 Å². The minimum atomic E-state index is -1.27. The molecule has 2 aliphatic carbocycles. The van der Waals surface area contributed by atoms with Gasteiger partial charge in [0, 0.05) is 28.9 Å². The van der Waals surface area contributed by atoms with Crippen molar-refractivity contribution in [2.45, 2.75) is 49.9 Å². The van der Waals surface area contributed by atoms with Crippen LogP contribution < -0.4 is 0 Å². The number of nitrogens with zero attached hydrogens (tertiary/aromatic N) is 3. The lowest BCUT2D eigenvalue weighted by Gasteiger charge is -2.50. The van der Waals surface area contributed by atoms with Gasteiger partial charge < -0.3 is 19.1 Å². The van der Waals surface area contributed by atoms with Crippen LogP contribution in [-0.2, 0) is 21.7 Å². The normalized spacial score (nSPS) is 26.2. The van der Waals surface area contributed by atoms with Gasteiger partial charge in [-0.05, 0) is 49.9 Å². The Hall–Kier alpha value is -2.58. The Morgan fingerprint density at radius 3 is 2.58 bits per heavy atom. The van der Waals surface area contributed by atoms with E-state index in [4.69, 9.17) is 37.2 Å². The number of thiazole rings is 1. The van der Waals surface area contributed by atoms with Gasteiger partial charge in [0.15, 0.2) is 5.82 Å². The number of hydrogen-bond acceptors (Lipinski definition) is 8. The van der Waals surface area contributed by atoms with Gasteiger partial charge in [0.1, 0.15) is 27.6 Å². The number of aromatic nitrogens is 2. The number of rotatable bonds is 6. The Labute approximate surface area is 243 Å². The monoisotopic (exact) mass is 599 g/mol. The maximum atomic E-state index is 14.7. The van der Waals surface area contributed by atoms with Crippen molar-refractivity contribution in [3.63, 3.8) is 0 Å². The molecule has 1 aliphatic heterocycles. The zero-order valence-electron chi connectivity index (χ0n) is 21.2. The molecule has 1 unspecified atom stereocenters. The summed E-state index contributed by atoms with van der Waals surface area (Å²) in [5.41, 5.74) is 1.22. The van der Waals surface area contributed by atoms with Gasteiger partial charge in [-0.25, -0.2) is 9.37 Å². The average Bonchev–Trinajstić information content (AvgIpc) is 3.53. The summed E-state index contributed by atoms with van der Waals surface area (Å²) in [5.74, 6) is -0.00609. The first-order chi connectivity index (χ1) is 19.4. The van der Waals surface area contributed by atoms with E-state index in [2.05, 4.69) is 10.1 Å². The molecule has 2 saturated carbocycles. The van der Waals surface area contributed by atoms with Gasteiger partial charge in [0.25, 0.3) is 0 Å². The predicted molar refractivity (Wildman–Crippen MR) is 148 cm³/mol. The molecule has 206 valence electrons. The fourth-order valence-corrected chi connectivity index (χ4v) is 7.97. The van der Waals surface area contributed by atoms with Crippen LogP contribution in [0.25, 0.3) is 21.5 Å². The van der Waals surface area contributed by atoms with Crippen molar-refractivity contribution in [1.82, 2.24) is 10.1 Å². The largest absolute Gasteiger partial charge is 0.382 e. The topological polar surface area (TPSA) is 101 Å². The second kappa shape index (κ2) is 10.1. The van der Waals surface area contributed by atoms with Gasteiger partial charge in [-0.3, -0.25) is 0 Å². The highest BCUT2D eigenvalue weighted by Gasteiger charge is 2.55. The first-order valence-corrected chi connectivity index (χ1v) is 14.8. The molecule has 0 amide bonds. The highest BCUT2D eigenvalue weighted by atomic mass is 35.5. The van der Waals surface area contributed by atoms with Crippen molar-refractivity contribution in [3.05, 3.63) is 68.1 Å². The quantitative estimate of drug-likeness (QED) is 0.255. The smallest absolute Gasteiger partial charge is 0.151 e. The average molecular weight is 600 g/mol. The second-order valence-corrected chi connectivity index (χ2v) is 12.7. The third-order valence-electron chi connectivity index (χ3n) is 8.33. The van der Waals surface area contributed by atoms with E-state index in [1.807, 2.05) is 6.07 Å². The molecule has 7 rings (SSSR count). The van der Waals surface area contributed by atoms with Gasteiger partial charge in [0.2, 0.25) is 0 Å². The predicted octanol–water partition coefficient (Wildman–Crippen LogP) is 6.98. The van der Waals surface area contributed by atoms with Crippen LogP contribution in [0, 0.1) is 29.0 Å². The van der Waals surface area contributed by atoms with Crippen LogP contribution in [0.3, 0.4) is 0 Å². The molecule has 7 nitrogen and oxygen atoms in total. The van der Waals surface area contributed by atoms with E-state index in [1.165, 1.54) is 17.4 Å². The Kier molecular flexibility index (Phi) is 6.62. The van der Waals surface area contributed by atoms with E-state index in [9.17, 15) is 14.8 Å². The molecule has 2 bridgehead atoms. The van der Waals surface area contributed by atoms with Crippen molar-refractivity contribution in [2.75, 3.05) is 13.2 Å². The van der Waals surface area contributed by atoms with Crippen molar-refractivity contribution in [2.24, 2.45) is 11.8 Å². The van der Waals surface area contributed by atoms with Crippen LogP contribution in [0.5, 0.6) is 0 Å². The van der Waals surface area contributed by atoms with Crippen LogP contribution in [0.4, 0.5) is 4.39 Å². The summed E-state index contributed by atoms with van der Waals surface area (Å²) in [6, 6.07) is 10.1. The number of halogens is 3. The third-order valence-corrected chi connectivity index (χ3v) is 10.1. The second-order valence-electron chi connectivity index (χ2n) is 10.8. The van der Waals surface area contributed by atoms with E-state index in [-0.39, 0.29) is 35.6 Å². The SMILES string of the molecule is N#Cc1cc(F)c2nc([C@]3(O)[C@@H]4COC[C@H]3CC(OCc3c(-c5c(Cl)cccc5Cl)noc3C3CC3)C4)sc2c1. The molecule has 3 heterocycles. The van der Waals surface area contributed by atoms with Crippen LogP contribution in [-0.4, -0.2) is 34.6 Å². The lowest BCUT2D eigenvalue weighted by Crippen LogP contribution is -2.55. The molecule has 3 aliphatic rings. The lowest BCUT2D eigenvalue weighted by molar-refractivity contribution is -0.209. The van der Waals surface area contributed by atoms with Gasteiger partial charge in [-0.15, -0.1) is 11.3 Å². The number of ether oxygens (including phenoxy) is 2. The van der Waals surface area contributed by atoms with Gasteiger partial charge >= 0.3 is 0 Å². The number of hydrogen-bond donors (Lipinski definition) is 1. The fourth-order valence-electron chi connectivity index (χ4n) is 6.13. The standard InChI is InChI=1S/C29H24Cl2FN3O4S/c30-20-2-1-3-21(31)24(20)25-19(27(39-35-25)15-4-5-15)13-38-18-8-16-11-37-12-17(9-18)29(16,36)28-34-26-22(32)6-14(10-33)7-23(26)40-28/h1-3,6-7,15-18,36H,4-5,8-9,11-13H2/t16-,17+,18?,29-. The molecule has 3 fully saturated rings. The van der Waals surface area contributed by atoms with E-state index in [0.29, 0.717) is 63.0 Å². The minimum absolute atomic E-state index is 0.146. The highest BCUT2D eigenvalue weighted by molar-refractivity contribution is 7.18. The number of fused-ring (bicyclic) bond motifs is 3. The fraction of sp³-hybridized carbons (Fsp3) is 0.414. The van der Waals surface area contributed by atoms with E-state index < -0.39 is 11.4 Å². The van der Waals surface area contributed by atoms with Crippen LogP contribution in [0.2, 0.25) is 10.0 Å². The Balaban J connectivity index is 1.15. The summed E-state index contributed by atoms with van der Waals surface area (Å²) < 4.78 is 33.3. The summed E-state index contributed by atoms with van der Waals surface area (Å²) in [6.45, 7) is 0.963. The third kappa shape index (κ3) is 4.33. The molecule has 2 aromatic heterocycles. The Morgan fingerprint density at radius 1 is 1.18 bits per heavy atom. The Bertz CT molecular complexity index is 1630. The lowest BCUT2D eigenvalue weighted by atomic mass is 9.66. The molecule has 1 saturated heterocycles. The molecule has 4 atom stereocenters. The maximum Gasteiger partial charge on any atom is 0.151 e. The first kappa shape index (κ1) is 26.3. The van der Waals surface area contributed by atoms with E-state index in [0.717, 1.165) is 24.2 Å². The molecule has 2 aromatic carbocycles. The molecule has 40 heavy (non-hydrogen) atoms. The summed E-state index contributed by atoms with van der Waals surface area (Å²) in [6.07, 6.45) is 3.01. The van der Waals surface area contributed by atoms with Crippen molar-refractivity contribution in [1.29, 1.82) is 5.26 Å². The molecule has 1 N–H and O–H groups in total. The zero-order chi connectivity index (χ0) is 27.6. The van der Waals surface area contributed by atoms with Crippen molar-refractivity contribution >= 4 is 44.8 Å². The summed E-state index contributed by atoms with van der Waals surface area (Å²) >= 11 is 14.2. The van der Waals surface area contributed by atoms with E-state index in [1.54, 1.807) is 24.3 Å². The first-order valence-electron chi connectivity index (χ1n) is 13.2. The number of aliphatic hydroxyl groups is 1. The minimum Gasteiger partial charge on any atom is -0.382 e. The van der Waals surface area contributed by atoms with Gasteiger partial charge in [-0.1, -0.05) is 34.4 Å². The number of nitriles is 1.